The highest BCUT2D eigenvalue weighted by molar-refractivity contribution is 6.31. The minimum Gasteiger partial charge on any atom is -0.334 e. The number of rotatable bonds is 4. The van der Waals surface area contributed by atoms with Gasteiger partial charge < -0.3 is 5.32 Å². The molecule has 4 nitrogen and oxygen atoms in total. The van der Waals surface area contributed by atoms with Gasteiger partial charge in [0.05, 0.1) is 0 Å². The van der Waals surface area contributed by atoms with Crippen molar-refractivity contribution in [3.63, 3.8) is 0 Å². The Morgan fingerprint density at radius 1 is 1.22 bits per heavy atom. The molecule has 1 rings (SSSR count). The second kappa shape index (κ2) is 7.01. The van der Waals surface area contributed by atoms with Crippen LogP contribution in [0.15, 0.2) is 24.3 Å². The van der Waals surface area contributed by atoms with Crippen LogP contribution in [0.4, 0.5) is 4.79 Å². The lowest BCUT2D eigenvalue weighted by molar-refractivity contribution is -0.119. The number of amides is 3. The first-order chi connectivity index (χ1) is 8.52. The van der Waals surface area contributed by atoms with E-state index in [4.69, 9.17) is 11.6 Å². The van der Waals surface area contributed by atoms with Crippen LogP contribution in [0.5, 0.6) is 0 Å². The van der Waals surface area contributed by atoms with Crippen molar-refractivity contribution >= 4 is 23.5 Å². The number of alkyl halides is 1. The first-order valence-electron chi connectivity index (χ1n) is 5.83. The fourth-order valence-electron chi connectivity index (χ4n) is 1.33. The van der Waals surface area contributed by atoms with Gasteiger partial charge in [0.2, 0.25) is 5.91 Å². The minimum absolute atomic E-state index is 0.375. The Kier molecular flexibility index (Phi) is 5.65. The molecule has 98 valence electrons. The lowest BCUT2D eigenvalue weighted by atomic mass is 10.1. The molecule has 3 amide bonds. The van der Waals surface area contributed by atoms with Gasteiger partial charge in [0.25, 0.3) is 0 Å². The van der Waals surface area contributed by atoms with E-state index in [2.05, 4.69) is 17.6 Å². The lowest BCUT2D eigenvalue weighted by Crippen LogP contribution is -2.41. The number of hydrogen-bond donors (Lipinski definition) is 2. The van der Waals surface area contributed by atoms with Crippen molar-refractivity contribution in [2.24, 2.45) is 0 Å². The van der Waals surface area contributed by atoms with Crippen LogP contribution in [0.3, 0.4) is 0 Å². The van der Waals surface area contributed by atoms with E-state index in [1.165, 1.54) is 12.5 Å². The Bertz CT molecular complexity index is 416. The van der Waals surface area contributed by atoms with Crippen LogP contribution >= 0.6 is 11.6 Å². The summed E-state index contributed by atoms with van der Waals surface area (Å²) in [6.45, 7) is 3.97. The van der Waals surface area contributed by atoms with Crippen LogP contribution in [0.25, 0.3) is 0 Å². The van der Waals surface area contributed by atoms with Crippen molar-refractivity contribution in [2.75, 3.05) is 0 Å². The third-order valence-corrected chi connectivity index (χ3v) is 2.68. The van der Waals surface area contributed by atoms with Crippen LogP contribution in [-0.2, 0) is 17.8 Å². The molecule has 0 fully saturated rings. The zero-order chi connectivity index (χ0) is 13.5. The minimum atomic E-state index is -0.723. The van der Waals surface area contributed by atoms with Gasteiger partial charge in [0.1, 0.15) is 5.38 Å². The van der Waals surface area contributed by atoms with Crippen LogP contribution in [0.2, 0.25) is 0 Å². The van der Waals surface area contributed by atoms with E-state index in [1.807, 2.05) is 24.3 Å². The van der Waals surface area contributed by atoms with Crippen molar-refractivity contribution in [2.45, 2.75) is 32.2 Å². The Morgan fingerprint density at radius 3 is 2.28 bits per heavy atom. The predicted molar refractivity (Wildman–Crippen MR) is 71.5 cm³/mol. The second-order valence-corrected chi connectivity index (χ2v) is 4.61. The molecule has 1 unspecified atom stereocenters. The summed E-state index contributed by atoms with van der Waals surface area (Å²) in [5.74, 6) is -0.504. The monoisotopic (exact) mass is 268 g/mol. The molecule has 1 aromatic rings. The molecule has 0 aliphatic heterocycles. The van der Waals surface area contributed by atoms with E-state index in [9.17, 15) is 9.59 Å². The summed E-state index contributed by atoms with van der Waals surface area (Å²) in [4.78, 5) is 22.5. The lowest BCUT2D eigenvalue weighted by Gasteiger charge is -2.08. The van der Waals surface area contributed by atoms with Crippen molar-refractivity contribution in [3.8, 4) is 0 Å². The zero-order valence-corrected chi connectivity index (χ0v) is 11.3. The number of benzene rings is 1. The van der Waals surface area contributed by atoms with Gasteiger partial charge in [0, 0.05) is 6.54 Å². The maximum absolute atomic E-state index is 11.4. The van der Waals surface area contributed by atoms with Crippen molar-refractivity contribution in [1.82, 2.24) is 10.6 Å². The van der Waals surface area contributed by atoms with Gasteiger partial charge >= 0.3 is 6.03 Å². The molecule has 0 aliphatic rings. The summed E-state index contributed by atoms with van der Waals surface area (Å²) in [7, 11) is 0. The summed E-state index contributed by atoms with van der Waals surface area (Å²) in [5.41, 5.74) is 2.23. The first kappa shape index (κ1) is 14.5. The molecule has 0 spiro atoms. The topological polar surface area (TPSA) is 58.2 Å². The SMILES string of the molecule is CCc1ccc(CNC(=O)NC(=O)C(C)Cl)cc1. The standard InChI is InChI=1S/C13H17ClN2O2/c1-3-10-4-6-11(7-5-10)8-15-13(18)16-12(17)9(2)14/h4-7,9H,3,8H2,1-2H3,(H2,15,16,17,18). The molecule has 0 radical (unpaired) electrons. The largest absolute Gasteiger partial charge is 0.334 e. The molecule has 0 aliphatic carbocycles. The van der Waals surface area contributed by atoms with Gasteiger partial charge in [-0.05, 0) is 24.5 Å². The normalized spacial score (nSPS) is 11.7. The molecule has 0 saturated carbocycles. The smallest absolute Gasteiger partial charge is 0.321 e. The van der Waals surface area contributed by atoms with E-state index < -0.39 is 17.3 Å². The quantitative estimate of drug-likeness (QED) is 0.823. The van der Waals surface area contributed by atoms with Gasteiger partial charge in [-0.2, -0.15) is 0 Å². The fourth-order valence-corrected chi connectivity index (χ4v) is 1.39. The maximum atomic E-state index is 11.4. The molecular formula is C13H17ClN2O2. The molecule has 0 saturated heterocycles. The molecule has 1 aromatic carbocycles. The highest BCUT2D eigenvalue weighted by Crippen LogP contribution is 2.04. The number of nitrogens with one attached hydrogen (secondary N) is 2. The van der Waals surface area contributed by atoms with Crippen LogP contribution < -0.4 is 10.6 Å². The summed E-state index contributed by atoms with van der Waals surface area (Å²) in [5, 5.41) is 4.02. The Morgan fingerprint density at radius 2 is 1.78 bits per heavy atom. The fraction of sp³-hybridized carbons (Fsp3) is 0.385. The van der Waals surface area contributed by atoms with E-state index in [0.717, 1.165) is 12.0 Å². The number of carbonyl (C=O) groups is 2. The number of carbonyl (C=O) groups excluding carboxylic acids is 2. The first-order valence-corrected chi connectivity index (χ1v) is 6.27. The number of urea groups is 1. The van der Waals surface area contributed by atoms with Gasteiger partial charge in [-0.3, -0.25) is 10.1 Å². The number of imide groups is 1. The van der Waals surface area contributed by atoms with Gasteiger partial charge in [0.15, 0.2) is 0 Å². The van der Waals surface area contributed by atoms with E-state index in [1.54, 1.807) is 0 Å². The third-order valence-electron chi connectivity index (χ3n) is 2.48. The van der Waals surface area contributed by atoms with E-state index >= 15 is 0 Å². The van der Waals surface area contributed by atoms with Crippen LogP contribution in [0, 0.1) is 0 Å². The summed E-state index contributed by atoms with van der Waals surface area (Å²) in [6, 6.07) is 7.39. The zero-order valence-electron chi connectivity index (χ0n) is 10.5. The summed E-state index contributed by atoms with van der Waals surface area (Å²) < 4.78 is 0. The molecule has 18 heavy (non-hydrogen) atoms. The second-order valence-electron chi connectivity index (χ2n) is 3.96. The van der Waals surface area contributed by atoms with Gasteiger partial charge in [-0.15, -0.1) is 11.6 Å². The Hall–Kier alpha value is -1.55. The highest BCUT2D eigenvalue weighted by Gasteiger charge is 2.12. The molecule has 0 bridgehead atoms. The molecule has 2 N–H and O–H groups in total. The van der Waals surface area contributed by atoms with Crippen molar-refractivity contribution < 1.29 is 9.59 Å². The predicted octanol–water partition coefficient (Wildman–Crippen LogP) is 2.20. The van der Waals surface area contributed by atoms with Gasteiger partial charge in [-0.1, -0.05) is 31.2 Å². The van der Waals surface area contributed by atoms with E-state index in [-0.39, 0.29) is 0 Å². The van der Waals surface area contributed by atoms with Crippen LogP contribution in [-0.4, -0.2) is 17.3 Å². The van der Waals surface area contributed by atoms with Crippen molar-refractivity contribution in [1.29, 1.82) is 0 Å². The average molecular weight is 269 g/mol. The Balaban J connectivity index is 2.40. The van der Waals surface area contributed by atoms with E-state index in [0.29, 0.717) is 6.54 Å². The van der Waals surface area contributed by atoms with Gasteiger partial charge in [-0.25, -0.2) is 4.79 Å². The average Bonchev–Trinajstić information content (AvgIpc) is 2.36. The summed E-state index contributed by atoms with van der Waals surface area (Å²) in [6.07, 6.45) is 0.982. The number of hydrogen-bond acceptors (Lipinski definition) is 2. The Labute approximate surface area is 112 Å². The molecule has 1 atom stereocenters. The number of aryl methyl sites for hydroxylation is 1. The number of halogens is 1. The molecular weight excluding hydrogens is 252 g/mol. The summed E-state index contributed by atoms with van der Waals surface area (Å²) >= 11 is 5.53. The molecule has 5 heteroatoms. The molecule has 0 heterocycles. The van der Waals surface area contributed by atoms with Crippen molar-refractivity contribution in [3.05, 3.63) is 35.4 Å². The van der Waals surface area contributed by atoms with Crippen LogP contribution in [0.1, 0.15) is 25.0 Å². The maximum Gasteiger partial charge on any atom is 0.321 e. The third kappa shape index (κ3) is 4.75. The molecule has 0 aromatic heterocycles. The highest BCUT2D eigenvalue weighted by atomic mass is 35.5.